The Balaban J connectivity index is 1.28. The fourth-order valence-corrected chi connectivity index (χ4v) is 6.22. The number of carbonyl (C=O) groups is 2. The third-order valence-electron chi connectivity index (χ3n) is 8.50. The molecule has 1 aliphatic heterocycles. The minimum Gasteiger partial charge on any atom is -0.410 e. The molecule has 216 valence electrons. The second kappa shape index (κ2) is 14.3. The van der Waals surface area contributed by atoms with Crippen LogP contribution in [-0.2, 0) is 11.3 Å². The molecule has 1 saturated carbocycles. The molecule has 1 heterocycles. The number of carbonyl (C=O) groups excluding carboxylic acids is 2. The van der Waals surface area contributed by atoms with Gasteiger partial charge in [-0.3, -0.25) is 4.79 Å². The molecule has 0 radical (unpaired) electrons. The molecule has 41 heavy (non-hydrogen) atoms. The van der Waals surface area contributed by atoms with E-state index in [1.807, 2.05) is 53.4 Å². The van der Waals surface area contributed by atoms with Crippen molar-refractivity contribution in [3.8, 4) is 5.75 Å². The van der Waals surface area contributed by atoms with Gasteiger partial charge in [0.25, 0.3) is 0 Å². The Labute approximate surface area is 242 Å². The lowest BCUT2D eigenvalue weighted by Gasteiger charge is -2.34. The first kappa shape index (κ1) is 28.8. The van der Waals surface area contributed by atoms with E-state index in [0.717, 1.165) is 68.3 Å². The summed E-state index contributed by atoms with van der Waals surface area (Å²) in [6.45, 7) is 2.10. The zero-order chi connectivity index (χ0) is 28.4. The zero-order valence-electron chi connectivity index (χ0n) is 23.6. The first-order chi connectivity index (χ1) is 20.1. The van der Waals surface area contributed by atoms with Gasteiger partial charge in [0.1, 0.15) is 5.75 Å². The van der Waals surface area contributed by atoms with Crippen LogP contribution in [0, 0.1) is 5.92 Å². The van der Waals surface area contributed by atoms with Crippen molar-refractivity contribution in [3.05, 3.63) is 102 Å². The fourth-order valence-electron chi connectivity index (χ4n) is 6.22. The largest absolute Gasteiger partial charge is 0.415 e. The van der Waals surface area contributed by atoms with Gasteiger partial charge in [-0.05, 0) is 73.5 Å². The Morgan fingerprint density at radius 1 is 0.878 bits per heavy atom. The smallest absolute Gasteiger partial charge is 0.410 e. The van der Waals surface area contributed by atoms with E-state index in [-0.39, 0.29) is 36.5 Å². The van der Waals surface area contributed by atoms with E-state index in [4.69, 9.17) is 4.74 Å². The normalized spacial score (nSPS) is 20.1. The van der Waals surface area contributed by atoms with Crippen molar-refractivity contribution < 1.29 is 19.4 Å². The maximum atomic E-state index is 13.5. The summed E-state index contributed by atoms with van der Waals surface area (Å²) in [7, 11) is 0. The lowest BCUT2D eigenvalue weighted by atomic mass is 9.74. The molecule has 1 aliphatic carbocycles. The van der Waals surface area contributed by atoms with E-state index >= 15 is 0 Å². The van der Waals surface area contributed by atoms with Crippen molar-refractivity contribution in [1.29, 1.82) is 0 Å². The molecule has 1 saturated heterocycles. The summed E-state index contributed by atoms with van der Waals surface area (Å²) in [5, 5.41) is 16.5. The highest BCUT2D eigenvalue weighted by Crippen LogP contribution is 2.38. The van der Waals surface area contributed by atoms with E-state index < -0.39 is 6.04 Å². The van der Waals surface area contributed by atoms with Gasteiger partial charge in [-0.2, -0.15) is 0 Å². The van der Waals surface area contributed by atoms with E-state index in [1.165, 1.54) is 0 Å². The number of piperidine rings is 1. The van der Waals surface area contributed by atoms with Crippen molar-refractivity contribution >= 4 is 12.0 Å². The SMILES string of the molecule is O=C(NC(CO)c1ccccc1)C1CCCCC1c1ccc(CN(C(=O)Oc2ccccc2)C2CCNCC2)cc1. The van der Waals surface area contributed by atoms with Crippen molar-refractivity contribution in [3.63, 3.8) is 0 Å². The van der Waals surface area contributed by atoms with Crippen LogP contribution in [0.5, 0.6) is 5.75 Å². The molecule has 2 fully saturated rings. The monoisotopic (exact) mass is 555 g/mol. The van der Waals surface area contributed by atoms with Crippen LogP contribution < -0.4 is 15.4 Å². The molecule has 7 nitrogen and oxygen atoms in total. The summed E-state index contributed by atoms with van der Waals surface area (Å²) < 4.78 is 5.74. The van der Waals surface area contributed by atoms with Crippen molar-refractivity contribution in [1.82, 2.24) is 15.5 Å². The topological polar surface area (TPSA) is 90.9 Å². The van der Waals surface area contributed by atoms with Crippen LogP contribution in [0.4, 0.5) is 4.79 Å². The number of benzene rings is 3. The Hall–Kier alpha value is -3.68. The Morgan fingerprint density at radius 3 is 2.22 bits per heavy atom. The second-order valence-corrected chi connectivity index (χ2v) is 11.2. The molecule has 0 spiro atoms. The van der Waals surface area contributed by atoms with E-state index in [0.29, 0.717) is 12.3 Å². The lowest BCUT2D eigenvalue weighted by Crippen LogP contribution is -2.46. The average Bonchev–Trinajstić information content (AvgIpc) is 3.04. The Kier molecular flexibility index (Phi) is 10.0. The van der Waals surface area contributed by atoms with E-state index in [9.17, 15) is 14.7 Å². The van der Waals surface area contributed by atoms with Gasteiger partial charge in [0, 0.05) is 18.5 Å². The first-order valence-corrected chi connectivity index (χ1v) is 14.9. The molecular formula is C34H41N3O4. The number of nitrogens with zero attached hydrogens (tertiary/aromatic N) is 1. The van der Waals surface area contributed by atoms with Crippen LogP contribution in [0.1, 0.15) is 67.2 Å². The van der Waals surface area contributed by atoms with Crippen LogP contribution in [0.2, 0.25) is 0 Å². The Morgan fingerprint density at radius 2 is 1.54 bits per heavy atom. The molecule has 3 atom stereocenters. The average molecular weight is 556 g/mol. The number of para-hydroxylation sites is 1. The zero-order valence-corrected chi connectivity index (χ0v) is 23.6. The molecule has 0 bridgehead atoms. The van der Waals surface area contributed by atoms with Crippen molar-refractivity contribution in [2.45, 2.75) is 63.1 Å². The number of ether oxygens (including phenoxy) is 1. The summed E-state index contributed by atoms with van der Waals surface area (Å²) in [6, 6.07) is 27.0. The quantitative estimate of drug-likeness (QED) is 0.322. The summed E-state index contributed by atoms with van der Waals surface area (Å²) in [5.41, 5.74) is 3.09. The highest BCUT2D eigenvalue weighted by Gasteiger charge is 2.33. The lowest BCUT2D eigenvalue weighted by molar-refractivity contribution is -0.127. The van der Waals surface area contributed by atoms with Gasteiger partial charge in [-0.1, -0.05) is 85.6 Å². The molecule has 3 aromatic carbocycles. The van der Waals surface area contributed by atoms with Gasteiger partial charge < -0.3 is 25.4 Å². The number of aliphatic hydroxyl groups excluding tert-OH is 1. The number of aliphatic hydroxyl groups is 1. The van der Waals surface area contributed by atoms with Gasteiger partial charge in [-0.15, -0.1) is 0 Å². The van der Waals surface area contributed by atoms with Gasteiger partial charge in [0.2, 0.25) is 5.91 Å². The number of rotatable bonds is 9. The number of amides is 2. The molecular weight excluding hydrogens is 514 g/mol. The highest BCUT2D eigenvalue weighted by atomic mass is 16.6. The standard InChI is InChI=1S/C34H41N3O4/c38-24-32(27-9-3-1-4-10-27)36-33(39)31-14-8-7-13-30(31)26-17-15-25(16-18-26)23-37(28-19-21-35-22-20-28)34(40)41-29-11-5-2-6-12-29/h1-6,9-12,15-18,28,30-32,35,38H,7-8,13-14,19-24H2,(H,36,39). The summed E-state index contributed by atoms with van der Waals surface area (Å²) in [6.07, 6.45) is 5.35. The molecule has 3 N–H and O–H groups in total. The number of nitrogens with one attached hydrogen (secondary N) is 2. The van der Waals surface area contributed by atoms with E-state index in [1.54, 1.807) is 12.1 Å². The summed E-state index contributed by atoms with van der Waals surface area (Å²) >= 11 is 0. The molecule has 2 amide bonds. The van der Waals surface area contributed by atoms with Gasteiger partial charge >= 0.3 is 6.09 Å². The van der Waals surface area contributed by atoms with Gasteiger partial charge in [-0.25, -0.2) is 4.79 Å². The third-order valence-corrected chi connectivity index (χ3v) is 8.50. The number of hydrogen-bond acceptors (Lipinski definition) is 5. The van der Waals surface area contributed by atoms with Crippen molar-refractivity contribution in [2.75, 3.05) is 19.7 Å². The fraction of sp³-hybridized carbons (Fsp3) is 0.412. The first-order valence-electron chi connectivity index (χ1n) is 14.9. The van der Waals surface area contributed by atoms with Gasteiger partial charge in [0.15, 0.2) is 0 Å². The molecule has 0 aromatic heterocycles. The predicted octanol–water partition coefficient (Wildman–Crippen LogP) is 5.56. The summed E-state index contributed by atoms with van der Waals surface area (Å²) in [5.74, 6) is 0.530. The number of hydrogen-bond donors (Lipinski definition) is 3. The predicted molar refractivity (Wildman–Crippen MR) is 159 cm³/mol. The molecule has 3 aromatic rings. The molecule has 2 aliphatic rings. The van der Waals surface area contributed by atoms with Gasteiger partial charge in [0.05, 0.1) is 12.6 Å². The van der Waals surface area contributed by atoms with Crippen LogP contribution >= 0.6 is 0 Å². The second-order valence-electron chi connectivity index (χ2n) is 11.2. The maximum Gasteiger partial charge on any atom is 0.415 e. The van der Waals surface area contributed by atoms with Crippen molar-refractivity contribution in [2.24, 2.45) is 5.92 Å². The molecule has 3 unspecified atom stereocenters. The molecule has 7 heteroatoms. The van der Waals surface area contributed by atoms with Crippen LogP contribution in [0.25, 0.3) is 0 Å². The van der Waals surface area contributed by atoms with Crippen LogP contribution in [0.3, 0.4) is 0 Å². The van der Waals surface area contributed by atoms with Crippen LogP contribution in [0.15, 0.2) is 84.9 Å². The van der Waals surface area contributed by atoms with E-state index in [2.05, 4.69) is 34.9 Å². The minimum atomic E-state index is -0.412. The summed E-state index contributed by atoms with van der Waals surface area (Å²) in [4.78, 5) is 28.6. The third kappa shape index (κ3) is 7.54. The molecule has 5 rings (SSSR count). The highest BCUT2D eigenvalue weighted by molar-refractivity contribution is 5.80. The minimum absolute atomic E-state index is 0.00224. The Bertz CT molecular complexity index is 1250. The van der Waals surface area contributed by atoms with Crippen LogP contribution in [-0.4, -0.2) is 47.7 Å². The maximum absolute atomic E-state index is 13.5.